The van der Waals surface area contributed by atoms with Crippen LogP contribution < -0.4 is 0 Å². The summed E-state index contributed by atoms with van der Waals surface area (Å²) in [6.07, 6.45) is -1.46. The van der Waals surface area contributed by atoms with E-state index in [1.165, 1.54) is 6.92 Å². The molecule has 0 spiro atoms. The Balaban J connectivity index is 3.97. The van der Waals surface area contributed by atoms with Gasteiger partial charge in [0.05, 0.1) is 12.3 Å². The molecule has 66 valence electrons. The molecule has 0 radical (unpaired) electrons. The summed E-state index contributed by atoms with van der Waals surface area (Å²) in [5.41, 5.74) is 0. The van der Waals surface area contributed by atoms with Gasteiger partial charge in [-0.25, -0.2) is 0 Å². The Morgan fingerprint density at radius 2 is 2.00 bits per heavy atom. The van der Waals surface area contributed by atoms with Crippen molar-refractivity contribution in [2.24, 2.45) is 5.92 Å². The van der Waals surface area contributed by atoms with Gasteiger partial charge in [0.15, 0.2) is 0 Å². The number of hydrogen-bond acceptors (Lipinski definition) is 3. The minimum absolute atomic E-state index is 0.459. The van der Waals surface area contributed by atoms with E-state index in [2.05, 4.69) is 0 Å². The lowest BCUT2D eigenvalue weighted by molar-refractivity contribution is -0.113. The van der Waals surface area contributed by atoms with Gasteiger partial charge in [0.2, 0.25) is 0 Å². The van der Waals surface area contributed by atoms with Crippen molar-refractivity contribution < 1.29 is 24.3 Å². The molecule has 2 unspecified atom stereocenters. The van der Waals surface area contributed by atoms with Crippen molar-refractivity contribution in [3.05, 3.63) is 0 Å². The summed E-state index contributed by atoms with van der Waals surface area (Å²) < 4.78 is 10.3. The van der Waals surface area contributed by atoms with Crippen molar-refractivity contribution in [3.8, 4) is 0 Å². The summed E-state index contributed by atoms with van der Waals surface area (Å²) in [6.45, 7) is 1.40. The fraction of sp³-hybridized carbons (Fsp3) is 0.800. The fourth-order valence-corrected chi connectivity index (χ4v) is 1.32. The quantitative estimate of drug-likeness (QED) is 0.397. The van der Waals surface area contributed by atoms with Crippen molar-refractivity contribution >= 4 is 13.9 Å². The van der Waals surface area contributed by atoms with E-state index in [-0.39, 0.29) is 0 Å². The van der Waals surface area contributed by atoms with Crippen LogP contribution in [0.15, 0.2) is 0 Å². The van der Waals surface area contributed by atoms with Crippen molar-refractivity contribution in [1.82, 2.24) is 0 Å². The lowest BCUT2D eigenvalue weighted by Gasteiger charge is -2.13. The second-order valence-corrected chi connectivity index (χ2v) is 4.10. The molecule has 3 N–H and O–H groups in total. The molecule has 0 aromatic rings. The Morgan fingerprint density at radius 3 is 2.27 bits per heavy atom. The van der Waals surface area contributed by atoms with Crippen LogP contribution in [0.3, 0.4) is 0 Å². The van der Waals surface area contributed by atoms with E-state index >= 15 is 0 Å². The van der Waals surface area contributed by atoms with Crippen molar-refractivity contribution in [1.29, 1.82) is 0 Å². The zero-order chi connectivity index (χ0) is 9.07. The molecule has 0 fully saturated rings. The summed E-state index contributed by atoms with van der Waals surface area (Å²) in [5.74, 6) is -0.734. The Hall–Kier alpha value is -0.220. The Labute approximate surface area is 64.2 Å². The van der Waals surface area contributed by atoms with E-state index in [9.17, 15) is 9.36 Å². The first kappa shape index (κ1) is 10.8. The topological polar surface area (TPSA) is 94.8 Å². The minimum Gasteiger partial charge on any atom is -0.392 e. The average molecular weight is 182 g/mol. The van der Waals surface area contributed by atoms with Gasteiger partial charge in [-0.3, -0.25) is 4.57 Å². The molecule has 0 aliphatic carbocycles. The number of aliphatic hydroxyl groups excluding tert-OH is 1. The van der Waals surface area contributed by atoms with E-state index in [4.69, 9.17) is 14.9 Å². The standard InChI is InChI=1S/C5H11O5P/c1-4(2-6)5(7)3-11(8,9)10/h2,4-5,7H,3H2,1H3,(H2,8,9,10). The molecule has 11 heavy (non-hydrogen) atoms. The highest BCUT2D eigenvalue weighted by Gasteiger charge is 2.23. The van der Waals surface area contributed by atoms with Crippen LogP contribution in [0.2, 0.25) is 0 Å². The molecule has 0 heterocycles. The first-order chi connectivity index (χ1) is 4.87. The normalized spacial score (nSPS) is 17.5. The number of hydrogen-bond donors (Lipinski definition) is 3. The maximum Gasteiger partial charge on any atom is 0.328 e. The van der Waals surface area contributed by atoms with Crippen LogP contribution in [-0.4, -0.2) is 33.4 Å². The highest BCUT2D eigenvalue weighted by Crippen LogP contribution is 2.35. The molecule has 0 aromatic carbocycles. The highest BCUT2D eigenvalue weighted by atomic mass is 31.2. The molecule has 0 saturated carbocycles. The third-order valence-corrected chi connectivity index (χ3v) is 2.10. The smallest absolute Gasteiger partial charge is 0.328 e. The summed E-state index contributed by atoms with van der Waals surface area (Å²) in [7, 11) is -4.20. The zero-order valence-corrected chi connectivity index (χ0v) is 6.94. The Kier molecular flexibility index (Phi) is 3.89. The first-order valence-electron chi connectivity index (χ1n) is 3.04. The molecular weight excluding hydrogens is 171 g/mol. The number of aldehydes is 1. The predicted molar refractivity (Wildman–Crippen MR) is 38.1 cm³/mol. The third kappa shape index (κ3) is 5.09. The van der Waals surface area contributed by atoms with Gasteiger partial charge in [0, 0.05) is 5.92 Å². The second kappa shape index (κ2) is 3.97. The van der Waals surface area contributed by atoms with Crippen LogP contribution in [0.25, 0.3) is 0 Å². The molecule has 0 aliphatic heterocycles. The van der Waals surface area contributed by atoms with Crippen LogP contribution in [-0.2, 0) is 9.36 Å². The summed E-state index contributed by atoms with van der Waals surface area (Å²) in [4.78, 5) is 26.8. The van der Waals surface area contributed by atoms with E-state index in [1.54, 1.807) is 0 Å². The average Bonchev–Trinajstić information content (AvgIpc) is 1.82. The van der Waals surface area contributed by atoms with Gasteiger partial charge in [0.25, 0.3) is 0 Å². The van der Waals surface area contributed by atoms with E-state index in [1.807, 2.05) is 0 Å². The molecule has 0 bridgehead atoms. The van der Waals surface area contributed by atoms with Crippen molar-refractivity contribution in [2.75, 3.05) is 6.16 Å². The van der Waals surface area contributed by atoms with Gasteiger partial charge in [-0.15, -0.1) is 0 Å². The summed E-state index contributed by atoms with van der Waals surface area (Å²) in [6, 6.07) is 0. The van der Waals surface area contributed by atoms with E-state index in [0.29, 0.717) is 6.29 Å². The largest absolute Gasteiger partial charge is 0.392 e. The number of aliphatic hydroxyl groups is 1. The van der Waals surface area contributed by atoms with Gasteiger partial charge in [-0.1, -0.05) is 6.92 Å². The molecule has 2 atom stereocenters. The third-order valence-electron chi connectivity index (χ3n) is 1.25. The SMILES string of the molecule is CC(C=O)C(O)CP(=O)(O)O. The summed E-state index contributed by atoms with van der Waals surface area (Å²) >= 11 is 0. The predicted octanol–water partition coefficient (Wildman–Crippen LogP) is -0.640. The molecular formula is C5H11O5P. The van der Waals surface area contributed by atoms with E-state index in [0.717, 1.165) is 0 Å². The van der Waals surface area contributed by atoms with Crippen LogP contribution in [0.1, 0.15) is 6.92 Å². The zero-order valence-electron chi connectivity index (χ0n) is 6.04. The molecule has 0 rings (SSSR count). The first-order valence-corrected chi connectivity index (χ1v) is 4.84. The molecule has 5 nitrogen and oxygen atoms in total. The molecule has 0 aliphatic rings. The Morgan fingerprint density at radius 1 is 1.55 bits per heavy atom. The van der Waals surface area contributed by atoms with Crippen molar-refractivity contribution in [3.63, 3.8) is 0 Å². The Bertz CT molecular complexity index is 174. The lowest BCUT2D eigenvalue weighted by Crippen LogP contribution is -2.22. The minimum atomic E-state index is -4.20. The van der Waals surface area contributed by atoms with Gasteiger partial charge in [-0.2, -0.15) is 0 Å². The second-order valence-electron chi connectivity index (χ2n) is 2.41. The van der Waals surface area contributed by atoms with Crippen LogP contribution in [0.5, 0.6) is 0 Å². The maximum absolute atomic E-state index is 10.3. The van der Waals surface area contributed by atoms with Crippen LogP contribution in [0, 0.1) is 5.92 Å². The highest BCUT2D eigenvalue weighted by molar-refractivity contribution is 7.51. The van der Waals surface area contributed by atoms with Crippen LogP contribution >= 0.6 is 7.60 Å². The van der Waals surface area contributed by atoms with Crippen molar-refractivity contribution in [2.45, 2.75) is 13.0 Å². The number of rotatable bonds is 4. The lowest BCUT2D eigenvalue weighted by atomic mass is 10.1. The van der Waals surface area contributed by atoms with E-state index < -0.39 is 25.8 Å². The van der Waals surface area contributed by atoms with Gasteiger partial charge < -0.3 is 19.7 Å². The molecule has 6 heteroatoms. The fourth-order valence-electron chi connectivity index (χ4n) is 0.501. The van der Waals surface area contributed by atoms with Gasteiger partial charge >= 0.3 is 7.60 Å². The molecule has 0 saturated heterocycles. The number of carbonyl (C=O) groups excluding carboxylic acids is 1. The van der Waals surface area contributed by atoms with Crippen LogP contribution in [0.4, 0.5) is 0 Å². The maximum atomic E-state index is 10.3. The monoisotopic (exact) mass is 182 g/mol. The molecule has 0 aromatic heterocycles. The van der Waals surface area contributed by atoms with Gasteiger partial charge in [0.1, 0.15) is 6.29 Å². The summed E-state index contributed by atoms with van der Waals surface area (Å²) in [5, 5.41) is 8.93. The number of carbonyl (C=O) groups is 1. The van der Waals surface area contributed by atoms with Gasteiger partial charge in [-0.05, 0) is 0 Å². The molecule has 0 amide bonds.